The minimum absolute atomic E-state index is 0. The Kier molecular flexibility index (Phi) is 9.25. The van der Waals surface area contributed by atoms with Crippen LogP contribution in [0.25, 0.3) is 11.8 Å². The first-order valence-corrected chi connectivity index (χ1v) is 10.0. The molecule has 1 heterocycles. The van der Waals surface area contributed by atoms with E-state index in [1.54, 1.807) is 22.9 Å². The second-order valence-corrected chi connectivity index (χ2v) is 7.53. The van der Waals surface area contributed by atoms with Gasteiger partial charge in [-0.1, -0.05) is 13.0 Å². The maximum absolute atomic E-state index is 13.4. The van der Waals surface area contributed by atoms with Gasteiger partial charge >= 0.3 is 29.6 Å². The van der Waals surface area contributed by atoms with Crippen LogP contribution in [0.2, 0.25) is 0 Å². The summed E-state index contributed by atoms with van der Waals surface area (Å²) in [6.07, 6.45) is 4.45. The van der Waals surface area contributed by atoms with E-state index in [1.165, 1.54) is 18.2 Å². The van der Waals surface area contributed by atoms with Gasteiger partial charge in [0, 0.05) is 30.3 Å². The topological polar surface area (TPSA) is 98.4 Å². The molecule has 3 atom stereocenters. The Bertz CT molecular complexity index is 882. The molecule has 8 heteroatoms. The number of aliphatic carboxylic acids is 1. The third-order valence-corrected chi connectivity index (χ3v) is 5.38. The van der Waals surface area contributed by atoms with Gasteiger partial charge < -0.3 is 20.1 Å². The molecule has 2 aromatic rings. The summed E-state index contributed by atoms with van der Waals surface area (Å²) in [4.78, 5) is 10.6. The van der Waals surface area contributed by atoms with E-state index >= 15 is 0 Å². The summed E-state index contributed by atoms with van der Waals surface area (Å²) in [5, 5.41) is 35.3. The molecule has 1 aromatic heterocycles. The summed E-state index contributed by atoms with van der Waals surface area (Å²) < 4.78 is 15.1. The van der Waals surface area contributed by atoms with Crippen LogP contribution in [-0.2, 0) is 11.2 Å². The Labute approximate surface area is 197 Å². The number of carbonyl (C=O) groups is 1. The van der Waals surface area contributed by atoms with Crippen LogP contribution in [0, 0.1) is 5.82 Å². The summed E-state index contributed by atoms with van der Waals surface area (Å²) in [5.41, 5.74) is 3.69. The zero-order chi connectivity index (χ0) is 21.0. The Balaban J connectivity index is 0.00000320. The largest absolute Gasteiger partial charge is 1.00 e. The number of nitrogens with zero attached hydrogens (tertiary/aromatic N) is 2. The molecule has 0 saturated carbocycles. The third-order valence-electron chi connectivity index (χ3n) is 5.38. The fourth-order valence-electron chi connectivity index (χ4n) is 3.91. The molecule has 3 rings (SSSR count). The zero-order valence-electron chi connectivity index (χ0n) is 17.4. The normalized spacial score (nSPS) is 17.9. The van der Waals surface area contributed by atoms with Crippen molar-refractivity contribution in [1.29, 1.82) is 0 Å². The summed E-state index contributed by atoms with van der Waals surface area (Å²) in [6.45, 7) is 2.13. The molecule has 0 amide bonds. The van der Waals surface area contributed by atoms with Crippen LogP contribution in [0.3, 0.4) is 0 Å². The Morgan fingerprint density at radius 1 is 1.37 bits per heavy atom. The van der Waals surface area contributed by atoms with E-state index < -0.39 is 24.6 Å². The average molecular weight is 424 g/mol. The van der Waals surface area contributed by atoms with E-state index in [-0.39, 0.29) is 41.8 Å². The van der Waals surface area contributed by atoms with Crippen LogP contribution >= 0.6 is 0 Å². The predicted octanol–water partition coefficient (Wildman–Crippen LogP) is -0.890. The van der Waals surface area contributed by atoms with Gasteiger partial charge in [0.25, 0.3) is 0 Å². The number of aromatic nitrogens is 2. The van der Waals surface area contributed by atoms with Crippen molar-refractivity contribution in [3.8, 4) is 5.69 Å². The first-order valence-electron chi connectivity index (χ1n) is 10.0. The fraction of sp³-hybridized carbons (Fsp3) is 0.455. The van der Waals surface area contributed by atoms with Gasteiger partial charge in [-0.05, 0) is 56.0 Å². The summed E-state index contributed by atoms with van der Waals surface area (Å²) >= 11 is 0. The second kappa shape index (κ2) is 11.2. The SMILES string of the molecule is CCC1CCCc2c1nn(-c1ccc(F)cc1)c2/C=C/[C@H](O)C[C@H](O)CC(=O)[O-].[Na+]. The van der Waals surface area contributed by atoms with Gasteiger partial charge in [-0.25, -0.2) is 9.07 Å². The van der Waals surface area contributed by atoms with Crippen LogP contribution < -0.4 is 34.7 Å². The number of aliphatic hydroxyl groups is 2. The van der Waals surface area contributed by atoms with Gasteiger partial charge in [0.05, 0.1) is 29.3 Å². The van der Waals surface area contributed by atoms with Crippen LogP contribution in [0.5, 0.6) is 0 Å². The number of halogens is 1. The molecule has 0 radical (unpaired) electrons. The first kappa shape index (κ1) is 24.8. The van der Waals surface area contributed by atoms with E-state index in [0.29, 0.717) is 5.92 Å². The standard InChI is InChI=1S/C22H27FN2O4.Na/c1-2-14-4-3-5-19-20(11-10-17(26)12-18(27)13-21(28)29)25(24-22(14)19)16-8-6-15(23)7-9-16;/h6-11,14,17-18,26-27H,2-5,12-13H2,1H3,(H,28,29);/q;+1/p-1/b11-10+;/t14?,17-,18-;/m0./s1. The Hall–Kier alpha value is -1.51. The van der Waals surface area contributed by atoms with Crippen molar-refractivity contribution in [3.63, 3.8) is 0 Å². The molecular formula is C22H26FN2NaO4. The molecule has 2 N–H and O–H groups in total. The van der Waals surface area contributed by atoms with Crippen LogP contribution in [0.15, 0.2) is 30.3 Å². The molecular weight excluding hydrogens is 398 g/mol. The Morgan fingerprint density at radius 2 is 2.07 bits per heavy atom. The molecule has 156 valence electrons. The smallest absolute Gasteiger partial charge is 0.550 e. The van der Waals surface area contributed by atoms with Gasteiger partial charge in [0.2, 0.25) is 0 Å². The van der Waals surface area contributed by atoms with Gasteiger partial charge in [-0.3, -0.25) is 0 Å². The van der Waals surface area contributed by atoms with Crippen molar-refractivity contribution in [2.24, 2.45) is 0 Å². The number of rotatable bonds is 8. The number of carboxylic acids is 1. The van der Waals surface area contributed by atoms with Crippen LogP contribution in [0.1, 0.15) is 61.9 Å². The molecule has 1 aliphatic carbocycles. The van der Waals surface area contributed by atoms with E-state index in [4.69, 9.17) is 5.10 Å². The van der Waals surface area contributed by atoms with Gasteiger partial charge in [-0.2, -0.15) is 5.10 Å². The maximum Gasteiger partial charge on any atom is 1.00 e. The molecule has 0 spiro atoms. The number of hydrogen-bond donors (Lipinski definition) is 2. The molecule has 0 fully saturated rings. The van der Waals surface area contributed by atoms with Crippen molar-refractivity contribution < 1.29 is 54.1 Å². The molecule has 0 saturated heterocycles. The number of hydrogen-bond acceptors (Lipinski definition) is 5. The first-order chi connectivity index (χ1) is 13.9. The van der Waals surface area contributed by atoms with Crippen molar-refractivity contribution in [2.75, 3.05) is 0 Å². The Morgan fingerprint density at radius 3 is 2.70 bits per heavy atom. The van der Waals surface area contributed by atoms with E-state index in [1.807, 2.05) is 0 Å². The van der Waals surface area contributed by atoms with E-state index in [2.05, 4.69) is 6.92 Å². The zero-order valence-corrected chi connectivity index (χ0v) is 19.4. The van der Waals surface area contributed by atoms with Crippen LogP contribution in [0.4, 0.5) is 4.39 Å². The van der Waals surface area contributed by atoms with Crippen molar-refractivity contribution in [3.05, 3.63) is 53.1 Å². The van der Waals surface area contributed by atoms with Crippen molar-refractivity contribution in [1.82, 2.24) is 9.78 Å². The molecule has 0 bridgehead atoms. The van der Waals surface area contributed by atoms with Gasteiger partial charge in [0.15, 0.2) is 0 Å². The summed E-state index contributed by atoms with van der Waals surface area (Å²) in [5.74, 6) is -1.32. The molecule has 6 nitrogen and oxygen atoms in total. The maximum atomic E-state index is 13.4. The van der Waals surface area contributed by atoms with Gasteiger partial charge in [-0.15, -0.1) is 0 Å². The van der Waals surface area contributed by atoms with Crippen LogP contribution in [-0.4, -0.2) is 38.2 Å². The quantitative estimate of drug-likeness (QED) is 0.536. The number of carbonyl (C=O) groups excluding carboxylic acids is 1. The van der Waals surface area contributed by atoms with Crippen molar-refractivity contribution in [2.45, 2.75) is 63.6 Å². The second-order valence-electron chi connectivity index (χ2n) is 7.53. The average Bonchev–Trinajstić information content (AvgIpc) is 3.04. The van der Waals surface area contributed by atoms with E-state index in [9.17, 15) is 24.5 Å². The minimum Gasteiger partial charge on any atom is -0.550 e. The minimum atomic E-state index is -1.36. The third kappa shape index (κ3) is 6.02. The molecule has 30 heavy (non-hydrogen) atoms. The summed E-state index contributed by atoms with van der Waals surface area (Å²) in [7, 11) is 0. The molecule has 0 aliphatic heterocycles. The predicted molar refractivity (Wildman–Crippen MR) is 105 cm³/mol. The van der Waals surface area contributed by atoms with Crippen molar-refractivity contribution >= 4 is 12.0 Å². The van der Waals surface area contributed by atoms with Gasteiger partial charge in [0.1, 0.15) is 5.82 Å². The number of carboxylic acid groups (broad SMARTS) is 1. The molecule has 1 unspecified atom stereocenters. The summed E-state index contributed by atoms with van der Waals surface area (Å²) in [6, 6.07) is 6.08. The number of fused-ring (bicyclic) bond motifs is 1. The van der Waals surface area contributed by atoms with E-state index in [0.717, 1.165) is 48.3 Å². The number of aliphatic hydroxyl groups excluding tert-OH is 2. The molecule has 1 aliphatic rings. The number of benzene rings is 1. The monoisotopic (exact) mass is 424 g/mol. The molecule has 1 aromatic carbocycles. The fourth-order valence-corrected chi connectivity index (χ4v) is 3.91.